The van der Waals surface area contributed by atoms with Crippen molar-refractivity contribution in [1.82, 2.24) is 4.72 Å². The maximum absolute atomic E-state index is 12.9. The molecule has 1 saturated carbocycles. The zero-order valence-electron chi connectivity index (χ0n) is 13.4. The summed E-state index contributed by atoms with van der Waals surface area (Å²) in [6.07, 6.45) is 3.71. The number of aryl methyl sites for hydroxylation is 2. The smallest absolute Gasteiger partial charge is 0.241 e. The summed E-state index contributed by atoms with van der Waals surface area (Å²) >= 11 is 0. The Balaban J connectivity index is 2.50. The Hall–Kier alpha value is -0.910. The van der Waals surface area contributed by atoms with Gasteiger partial charge in [-0.2, -0.15) is 0 Å². The lowest BCUT2D eigenvalue weighted by Gasteiger charge is -2.29. The highest BCUT2D eigenvalue weighted by molar-refractivity contribution is 7.89. The first-order valence-electron chi connectivity index (χ1n) is 7.54. The lowest BCUT2D eigenvalue weighted by Crippen LogP contribution is -2.51. The number of hydrogen-bond donors (Lipinski definition) is 2. The summed E-state index contributed by atoms with van der Waals surface area (Å²) in [7, 11) is -3.55. The molecule has 0 aromatic heterocycles. The fourth-order valence-corrected chi connectivity index (χ4v) is 5.41. The van der Waals surface area contributed by atoms with Gasteiger partial charge in [0.15, 0.2) is 0 Å². The van der Waals surface area contributed by atoms with E-state index >= 15 is 0 Å². The van der Waals surface area contributed by atoms with Crippen molar-refractivity contribution in [3.63, 3.8) is 0 Å². The van der Waals surface area contributed by atoms with Gasteiger partial charge in [0.1, 0.15) is 0 Å². The predicted octanol–water partition coefficient (Wildman–Crippen LogP) is 2.47. The van der Waals surface area contributed by atoms with E-state index in [1.165, 1.54) is 0 Å². The van der Waals surface area contributed by atoms with Crippen LogP contribution in [0, 0.1) is 27.7 Å². The van der Waals surface area contributed by atoms with E-state index in [9.17, 15) is 8.42 Å². The van der Waals surface area contributed by atoms with Crippen LogP contribution in [0.5, 0.6) is 0 Å². The third-order valence-electron chi connectivity index (χ3n) is 4.87. The molecular formula is C16H26N2O2S. The highest BCUT2D eigenvalue weighted by Crippen LogP contribution is 2.32. The van der Waals surface area contributed by atoms with Gasteiger partial charge >= 0.3 is 0 Å². The van der Waals surface area contributed by atoms with E-state index in [4.69, 9.17) is 5.73 Å². The zero-order valence-corrected chi connectivity index (χ0v) is 14.2. The second kappa shape index (κ2) is 5.71. The lowest BCUT2D eigenvalue weighted by molar-refractivity contribution is 0.399. The summed E-state index contributed by atoms with van der Waals surface area (Å²) in [5.41, 5.74) is 9.07. The Morgan fingerprint density at radius 3 is 2.00 bits per heavy atom. The van der Waals surface area contributed by atoms with Crippen LogP contribution in [-0.2, 0) is 10.0 Å². The monoisotopic (exact) mass is 310 g/mol. The van der Waals surface area contributed by atoms with Gasteiger partial charge in [-0.15, -0.1) is 0 Å². The largest absolute Gasteiger partial charge is 0.329 e. The van der Waals surface area contributed by atoms with Gasteiger partial charge in [-0.1, -0.05) is 18.9 Å². The van der Waals surface area contributed by atoms with E-state index in [1.54, 1.807) is 0 Å². The van der Waals surface area contributed by atoms with Gasteiger partial charge in [-0.25, -0.2) is 13.1 Å². The van der Waals surface area contributed by atoms with Crippen LogP contribution >= 0.6 is 0 Å². The Morgan fingerprint density at radius 1 is 1.10 bits per heavy atom. The number of hydrogen-bond acceptors (Lipinski definition) is 3. The Bertz CT molecular complexity index is 618. The summed E-state index contributed by atoms with van der Waals surface area (Å²) in [5.74, 6) is 0. The Kier molecular flexibility index (Phi) is 4.47. The van der Waals surface area contributed by atoms with Crippen molar-refractivity contribution in [1.29, 1.82) is 0 Å². The Labute approximate surface area is 128 Å². The average Bonchev–Trinajstić information content (AvgIpc) is 2.85. The molecule has 0 amide bonds. The standard InChI is InChI=1S/C16H26N2O2S/c1-11-9-12(2)14(4)15(13(11)3)21(19,20)18-16(10-17)7-5-6-8-16/h9,18H,5-8,10,17H2,1-4H3. The molecule has 1 fully saturated rings. The summed E-state index contributed by atoms with van der Waals surface area (Å²) < 4.78 is 28.8. The summed E-state index contributed by atoms with van der Waals surface area (Å²) in [6, 6.07) is 2.04. The first kappa shape index (κ1) is 16.5. The minimum atomic E-state index is -3.55. The zero-order chi connectivity index (χ0) is 15.8. The van der Waals surface area contributed by atoms with E-state index in [-0.39, 0.29) is 0 Å². The summed E-state index contributed by atoms with van der Waals surface area (Å²) in [6.45, 7) is 8.01. The van der Waals surface area contributed by atoms with Gasteiger partial charge in [0.2, 0.25) is 10.0 Å². The van der Waals surface area contributed by atoms with E-state index in [0.717, 1.165) is 47.9 Å². The lowest BCUT2D eigenvalue weighted by atomic mass is 10.0. The first-order valence-corrected chi connectivity index (χ1v) is 9.02. The molecule has 1 aliphatic rings. The minimum Gasteiger partial charge on any atom is -0.329 e. The fourth-order valence-electron chi connectivity index (χ4n) is 3.32. The molecule has 4 nitrogen and oxygen atoms in total. The summed E-state index contributed by atoms with van der Waals surface area (Å²) in [4.78, 5) is 0.430. The molecule has 118 valence electrons. The molecular weight excluding hydrogens is 284 g/mol. The molecule has 0 atom stereocenters. The molecule has 0 heterocycles. The van der Waals surface area contributed by atoms with Crippen molar-refractivity contribution in [2.24, 2.45) is 5.73 Å². The quantitative estimate of drug-likeness (QED) is 0.897. The van der Waals surface area contributed by atoms with Crippen LogP contribution in [-0.4, -0.2) is 20.5 Å². The van der Waals surface area contributed by atoms with Crippen LogP contribution in [0.4, 0.5) is 0 Å². The van der Waals surface area contributed by atoms with Gasteiger partial charge in [-0.3, -0.25) is 0 Å². The van der Waals surface area contributed by atoms with Crippen molar-refractivity contribution < 1.29 is 8.42 Å². The first-order chi connectivity index (χ1) is 9.72. The number of nitrogens with one attached hydrogen (secondary N) is 1. The van der Waals surface area contributed by atoms with Crippen LogP contribution in [0.3, 0.4) is 0 Å². The van der Waals surface area contributed by atoms with Gasteiger partial charge < -0.3 is 5.73 Å². The molecule has 0 unspecified atom stereocenters. The van der Waals surface area contributed by atoms with Gasteiger partial charge in [-0.05, 0) is 62.8 Å². The fraction of sp³-hybridized carbons (Fsp3) is 0.625. The molecule has 5 heteroatoms. The second-order valence-corrected chi connectivity index (χ2v) is 8.01. The third-order valence-corrected chi connectivity index (χ3v) is 6.72. The molecule has 1 aromatic carbocycles. The highest BCUT2D eigenvalue weighted by Gasteiger charge is 2.37. The molecule has 21 heavy (non-hydrogen) atoms. The van der Waals surface area contributed by atoms with Crippen LogP contribution in [0.1, 0.15) is 47.9 Å². The van der Waals surface area contributed by atoms with E-state index in [1.807, 2.05) is 33.8 Å². The molecule has 0 radical (unpaired) electrons. The van der Waals surface area contributed by atoms with Crippen molar-refractivity contribution in [3.05, 3.63) is 28.3 Å². The number of sulfonamides is 1. The third kappa shape index (κ3) is 3.00. The van der Waals surface area contributed by atoms with E-state index < -0.39 is 15.6 Å². The van der Waals surface area contributed by atoms with E-state index in [2.05, 4.69) is 4.72 Å². The van der Waals surface area contributed by atoms with Gasteiger partial charge in [0, 0.05) is 12.1 Å². The van der Waals surface area contributed by atoms with Crippen LogP contribution in [0.2, 0.25) is 0 Å². The van der Waals surface area contributed by atoms with Crippen molar-refractivity contribution in [2.75, 3.05) is 6.54 Å². The van der Waals surface area contributed by atoms with E-state index in [0.29, 0.717) is 11.4 Å². The SMILES string of the molecule is Cc1cc(C)c(C)c(S(=O)(=O)NC2(CN)CCCC2)c1C. The van der Waals surface area contributed by atoms with Crippen molar-refractivity contribution in [3.8, 4) is 0 Å². The molecule has 0 aliphatic heterocycles. The van der Waals surface area contributed by atoms with Crippen molar-refractivity contribution >= 4 is 10.0 Å². The van der Waals surface area contributed by atoms with Gasteiger partial charge in [0.05, 0.1) is 4.90 Å². The number of benzene rings is 1. The summed E-state index contributed by atoms with van der Waals surface area (Å²) in [5, 5.41) is 0. The molecule has 1 aromatic rings. The average molecular weight is 310 g/mol. The minimum absolute atomic E-state index is 0.356. The van der Waals surface area contributed by atoms with Crippen LogP contribution < -0.4 is 10.5 Å². The molecule has 2 rings (SSSR count). The van der Waals surface area contributed by atoms with Crippen LogP contribution in [0.25, 0.3) is 0 Å². The van der Waals surface area contributed by atoms with Gasteiger partial charge in [0.25, 0.3) is 0 Å². The normalized spacial score (nSPS) is 18.1. The topological polar surface area (TPSA) is 72.2 Å². The molecule has 0 saturated heterocycles. The van der Waals surface area contributed by atoms with Crippen molar-refractivity contribution in [2.45, 2.75) is 63.8 Å². The maximum atomic E-state index is 12.9. The molecule has 0 bridgehead atoms. The molecule has 0 spiro atoms. The maximum Gasteiger partial charge on any atom is 0.241 e. The number of nitrogens with two attached hydrogens (primary N) is 1. The molecule has 1 aliphatic carbocycles. The van der Waals surface area contributed by atoms with Crippen LogP contribution in [0.15, 0.2) is 11.0 Å². The predicted molar refractivity (Wildman–Crippen MR) is 86.0 cm³/mol. The number of rotatable bonds is 4. The Morgan fingerprint density at radius 2 is 1.57 bits per heavy atom. The second-order valence-electron chi connectivity index (χ2n) is 6.39. The highest BCUT2D eigenvalue weighted by atomic mass is 32.2. The molecule has 3 N–H and O–H groups in total.